The highest BCUT2D eigenvalue weighted by Gasteiger charge is 2.56. The molecule has 49 heavy (non-hydrogen) atoms. The number of piperidine rings is 2. The van der Waals surface area contributed by atoms with Crippen molar-refractivity contribution in [2.24, 2.45) is 17.8 Å². The Morgan fingerprint density at radius 1 is 1.12 bits per heavy atom. The van der Waals surface area contributed by atoms with Crippen molar-refractivity contribution in [1.82, 2.24) is 14.8 Å². The zero-order valence-electron chi connectivity index (χ0n) is 29.2. The van der Waals surface area contributed by atoms with Crippen LogP contribution in [0.1, 0.15) is 84.3 Å². The number of fused-ring (bicyclic) bond motifs is 2. The van der Waals surface area contributed by atoms with Crippen molar-refractivity contribution in [3.8, 4) is 0 Å². The van der Waals surface area contributed by atoms with Crippen LogP contribution in [-0.4, -0.2) is 99.1 Å². The highest BCUT2D eigenvalue weighted by atomic mass is 19.3. The van der Waals surface area contributed by atoms with Gasteiger partial charge in [-0.1, -0.05) is 44.2 Å². The fourth-order valence-corrected chi connectivity index (χ4v) is 7.75. The number of aliphatic hydroxyl groups excluding tert-OH is 1. The Morgan fingerprint density at radius 3 is 2.47 bits per heavy atom. The summed E-state index contributed by atoms with van der Waals surface area (Å²) in [7, 11) is 0. The molecule has 4 heterocycles. The van der Waals surface area contributed by atoms with Gasteiger partial charge in [-0.15, -0.1) is 0 Å². The van der Waals surface area contributed by atoms with Crippen LogP contribution in [0.5, 0.6) is 0 Å². The van der Waals surface area contributed by atoms with Gasteiger partial charge in [0.1, 0.15) is 11.7 Å². The highest BCUT2D eigenvalue weighted by molar-refractivity contribution is 5.70. The summed E-state index contributed by atoms with van der Waals surface area (Å²) in [6.45, 7) is 9.06. The molecule has 4 aliphatic rings. The maximum atomic E-state index is 14.5. The number of cyclic esters (lactones) is 1. The number of likely N-dealkylation sites (tertiary alicyclic amines) is 2. The Labute approximate surface area is 289 Å². The summed E-state index contributed by atoms with van der Waals surface area (Å²) in [4.78, 5) is 34.5. The van der Waals surface area contributed by atoms with Crippen molar-refractivity contribution in [3.05, 3.63) is 66.0 Å². The Hall–Kier alpha value is -3.15. The second kappa shape index (κ2) is 15.8. The van der Waals surface area contributed by atoms with E-state index in [0.717, 1.165) is 11.3 Å². The summed E-state index contributed by atoms with van der Waals surface area (Å²) in [6.07, 6.45) is 10.2. The fourth-order valence-electron chi connectivity index (χ4n) is 7.75. The zero-order chi connectivity index (χ0) is 35.3. The van der Waals surface area contributed by atoms with Crippen molar-refractivity contribution in [1.29, 1.82) is 0 Å². The van der Waals surface area contributed by atoms with Gasteiger partial charge < -0.3 is 24.6 Å². The van der Waals surface area contributed by atoms with Gasteiger partial charge in [0.05, 0.1) is 12.5 Å². The molecule has 1 aliphatic carbocycles. The van der Waals surface area contributed by atoms with Crippen LogP contribution in [0.25, 0.3) is 0 Å². The number of aliphatic hydroxyl groups is 2. The van der Waals surface area contributed by atoms with Gasteiger partial charge in [0.15, 0.2) is 6.10 Å². The minimum atomic E-state index is -2.57. The second-order valence-corrected chi connectivity index (χ2v) is 14.9. The van der Waals surface area contributed by atoms with Crippen LogP contribution in [0.15, 0.2) is 60.3 Å². The van der Waals surface area contributed by atoms with E-state index < -0.39 is 53.7 Å². The largest absolute Gasteiger partial charge is 0.457 e. The number of carbonyl (C=O) groups is 2. The number of nitrogens with zero attached hydrogens (tertiary/aromatic N) is 3. The molecule has 2 unspecified atom stereocenters. The maximum absolute atomic E-state index is 14.5. The summed E-state index contributed by atoms with van der Waals surface area (Å²) >= 11 is 0. The van der Waals surface area contributed by atoms with E-state index in [0.29, 0.717) is 51.9 Å². The summed E-state index contributed by atoms with van der Waals surface area (Å²) in [5, 5.41) is 22.2. The van der Waals surface area contributed by atoms with Crippen molar-refractivity contribution < 1.29 is 38.1 Å². The number of allylic oxidation sites excluding steroid dienone is 3. The summed E-state index contributed by atoms with van der Waals surface area (Å²) in [5.74, 6) is -4.53. The third-order valence-corrected chi connectivity index (χ3v) is 11.0. The van der Waals surface area contributed by atoms with Gasteiger partial charge in [0, 0.05) is 67.8 Å². The molecule has 270 valence electrons. The first-order valence-electron chi connectivity index (χ1n) is 17.9. The molecule has 1 aromatic heterocycles. The van der Waals surface area contributed by atoms with Gasteiger partial charge in [-0.2, -0.15) is 0 Å². The van der Waals surface area contributed by atoms with Crippen molar-refractivity contribution in [3.63, 3.8) is 0 Å². The minimum Gasteiger partial charge on any atom is -0.457 e. The molecule has 1 amide bonds. The number of alkyl halides is 2. The normalized spacial score (nSPS) is 34.9. The number of ether oxygens (including phenoxy) is 2. The van der Waals surface area contributed by atoms with Gasteiger partial charge in [0.25, 0.3) is 5.92 Å². The van der Waals surface area contributed by atoms with E-state index in [-0.39, 0.29) is 37.1 Å². The van der Waals surface area contributed by atoms with Crippen molar-refractivity contribution in [2.75, 3.05) is 26.2 Å². The summed E-state index contributed by atoms with van der Waals surface area (Å²) < 4.78 is 40.8. The molecule has 9 nitrogen and oxygen atoms in total. The zero-order valence-corrected chi connectivity index (χ0v) is 29.2. The highest BCUT2D eigenvalue weighted by Crippen LogP contribution is 2.49. The van der Waals surface area contributed by atoms with Crippen LogP contribution in [0.4, 0.5) is 13.6 Å². The van der Waals surface area contributed by atoms with E-state index in [2.05, 4.69) is 9.88 Å². The monoisotopic (exact) mass is 685 g/mol. The molecular weight excluding hydrogens is 632 g/mol. The quantitative estimate of drug-likeness (QED) is 0.212. The first-order chi connectivity index (χ1) is 23.2. The van der Waals surface area contributed by atoms with Gasteiger partial charge in [-0.05, 0) is 76.2 Å². The average Bonchev–Trinajstić information content (AvgIpc) is 3.21. The minimum absolute atomic E-state index is 0.0768. The second-order valence-electron chi connectivity index (χ2n) is 14.9. The number of aromatic nitrogens is 1. The van der Waals surface area contributed by atoms with Gasteiger partial charge >= 0.3 is 12.1 Å². The molecule has 5 rings (SSSR count). The molecule has 2 N–H and O–H groups in total. The predicted octanol–water partition coefficient (Wildman–Crippen LogP) is 6.03. The molecule has 2 saturated heterocycles. The van der Waals surface area contributed by atoms with E-state index in [1.807, 2.05) is 57.2 Å². The van der Waals surface area contributed by atoms with Crippen molar-refractivity contribution >= 4 is 12.1 Å². The van der Waals surface area contributed by atoms with Crippen molar-refractivity contribution in [2.45, 2.75) is 114 Å². The topological polar surface area (TPSA) is 112 Å². The third kappa shape index (κ3) is 9.15. The van der Waals surface area contributed by atoms with E-state index in [1.54, 1.807) is 30.2 Å². The SMILES string of the molecule is C/C(=C\C=C\[C@@H](C)c1ccccn1)[C@H]1OC(=O)C[C@H](O)CC[C@@](C)(O)[C@@H](OC(=O)N2CCC(N3CC4CCC(C3)C4(F)F)CC2)/C=C/[C@@H]1C. The molecule has 2 bridgehead atoms. The van der Waals surface area contributed by atoms with Crippen LogP contribution in [0.2, 0.25) is 0 Å². The van der Waals surface area contributed by atoms with Crippen LogP contribution < -0.4 is 0 Å². The Kier molecular flexibility index (Phi) is 12.0. The van der Waals surface area contributed by atoms with Gasteiger partial charge in [-0.3, -0.25) is 14.7 Å². The molecule has 3 aliphatic heterocycles. The number of hydrogen-bond donors (Lipinski definition) is 2. The molecule has 11 heteroatoms. The van der Waals surface area contributed by atoms with Gasteiger partial charge in [0.2, 0.25) is 0 Å². The molecule has 0 spiro atoms. The molecule has 3 fully saturated rings. The summed E-state index contributed by atoms with van der Waals surface area (Å²) in [6, 6.07) is 5.92. The Balaban J connectivity index is 1.24. The van der Waals surface area contributed by atoms with E-state index in [9.17, 15) is 28.6 Å². The fraction of sp³-hybridized carbons (Fsp3) is 0.658. The third-order valence-electron chi connectivity index (χ3n) is 11.0. The molecule has 0 aromatic carbocycles. The van der Waals surface area contributed by atoms with E-state index >= 15 is 0 Å². The number of hydrogen-bond acceptors (Lipinski definition) is 8. The molecule has 1 aromatic rings. The number of amides is 1. The smallest absolute Gasteiger partial charge is 0.410 e. The van der Waals surface area contributed by atoms with E-state index in [1.165, 1.54) is 0 Å². The van der Waals surface area contributed by atoms with Crippen LogP contribution in [0, 0.1) is 17.8 Å². The number of rotatable bonds is 6. The van der Waals surface area contributed by atoms with Gasteiger partial charge in [-0.25, -0.2) is 13.6 Å². The average molecular weight is 686 g/mol. The lowest BCUT2D eigenvalue weighted by atomic mass is 9.88. The standard InChI is InChI=1S/C38H53F2N3O6/c1-25(32-10-5-6-19-41-32)8-7-9-26(2)35-27(3)11-14-33(37(4,47)18-15-31(44)22-34(45)49-35)48-36(46)42-20-16-30(17-21-42)43-23-28-12-13-29(24-43)38(28,39)40/h5-11,14,19,25,27-31,33,35,44,47H,12-13,15-18,20-24H2,1-4H3/b8-7+,14-11+,26-9+/t25-,27+,28?,29?,31-,33+,35-,37-/m1/s1. The first kappa shape index (κ1) is 37.1. The predicted molar refractivity (Wildman–Crippen MR) is 182 cm³/mol. The Bertz CT molecular complexity index is 1360. The lowest BCUT2D eigenvalue weighted by Crippen LogP contribution is -2.55. The van der Waals surface area contributed by atoms with E-state index in [4.69, 9.17) is 9.47 Å². The Morgan fingerprint density at radius 2 is 1.82 bits per heavy atom. The molecule has 8 atom stereocenters. The number of pyridine rings is 1. The molecular formula is C38H53F2N3O6. The molecule has 0 radical (unpaired) electrons. The number of esters is 1. The van der Waals surface area contributed by atoms with Crippen LogP contribution in [-0.2, 0) is 14.3 Å². The number of halogens is 2. The summed E-state index contributed by atoms with van der Waals surface area (Å²) in [5.41, 5.74) is 0.206. The maximum Gasteiger partial charge on any atom is 0.410 e. The first-order valence-corrected chi connectivity index (χ1v) is 17.9. The molecule has 1 saturated carbocycles. The lowest BCUT2D eigenvalue weighted by Gasteiger charge is -2.44. The van der Waals surface area contributed by atoms with Crippen LogP contribution in [0.3, 0.4) is 0 Å². The number of carbonyl (C=O) groups excluding carboxylic acids is 2. The van der Waals surface area contributed by atoms with Crippen LogP contribution >= 0.6 is 0 Å². The lowest BCUT2D eigenvalue weighted by molar-refractivity contribution is -0.151.